The molecule has 1 atom stereocenters. The van der Waals surface area contributed by atoms with Crippen LogP contribution in [-0.2, 0) is 19.1 Å². The van der Waals surface area contributed by atoms with Crippen LogP contribution in [0.1, 0.15) is 309 Å². The molecule has 94 heavy (non-hydrogen) atoms. The first-order chi connectivity index (χ1) is 46.6. The number of hydrogen-bond acceptors (Lipinski definition) is 5. The highest BCUT2D eigenvalue weighted by Crippen LogP contribution is 2.16. The number of rotatable bonds is 68. The zero-order valence-electron chi connectivity index (χ0n) is 60.4. The first-order valence-corrected chi connectivity index (χ1v) is 38.3. The normalized spacial score (nSPS) is 13.5. The molecule has 0 aliphatic heterocycles. The molecule has 0 aromatic heterocycles. The molecule has 0 aliphatic rings. The van der Waals surface area contributed by atoms with Gasteiger partial charge in [0.2, 0.25) is 0 Å². The molecule has 0 rings (SSSR count). The maximum Gasteiger partial charge on any atom is 0.306 e. The number of allylic oxidation sites excluding steroid dienone is 36. The van der Waals surface area contributed by atoms with Crippen LogP contribution >= 0.6 is 0 Å². The minimum absolute atomic E-state index is 0.0783. The van der Waals surface area contributed by atoms with E-state index >= 15 is 0 Å². The lowest BCUT2D eigenvalue weighted by atomic mass is 10.0. The Balaban J connectivity index is 3.56. The molecule has 0 aromatic carbocycles. The second-order valence-corrected chi connectivity index (χ2v) is 24.6. The van der Waals surface area contributed by atoms with E-state index in [0.29, 0.717) is 12.8 Å². The van der Waals surface area contributed by atoms with E-state index in [2.05, 4.69) is 233 Å². The molecule has 0 fully saturated rings. The van der Waals surface area contributed by atoms with E-state index in [4.69, 9.17) is 9.47 Å². The summed E-state index contributed by atoms with van der Waals surface area (Å²) in [6.45, 7) is 3.91. The third-order valence-corrected chi connectivity index (χ3v) is 15.8. The SMILES string of the molecule is CC/C=C\C/C=C\C/C=C\C/C=C\C/C=C\C/C=C\C/C=C\C/C=C\C/C=C\CCCCCCCCCCCCCCCC(=O)OC(CO)COC(=O)CCCCCCCCCCCCC/C=C\C/C=C\C/C=C\C/C=C\C/C=C\C/C=C\C/C=C\C/C=C\C/C=C\CC. The molecule has 0 spiro atoms. The highest BCUT2D eigenvalue weighted by atomic mass is 16.6. The monoisotopic (exact) mass is 1290 g/mol. The van der Waals surface area contributed by atoms with Gasteiger partial charge < -0.3 is 14.6 Å². The standard InChI is InChI=1S/C89H140O5/c1-3-5-7-9-11-13-15-17-19-21-23-25-27-29-31-33-35-37-39-41-43-44-46-48-50-52-54-56-58-60-62-64-66-68-70-72-74-76-78-80-82-84-89(92)94-87(85-90)86-93-88(91)83-81-79-77-75-73-71-69-67-65-63-61-59-57-55-53-51-49-47-45-42-40-38-36-34-32-30-28-26-24-22-20-18-16-14-12-10-8-6-4-2/h5-8,11-14,17-20,23-26,29-32,35-38,41-43,45-46,48-49,51-52,54-55,57,87,90H,3-4,9-10,15-16,21-22,27-28,33-34,39-40,44,47,50,53,56,58-86H2,1-2H3/b7-5-,8-6-,13-11-,14-12-,19-17-,20-18-,25-23-,26-24-,31-29-,32-30-,37-35-,38-36-,43-41-,45-42-,48-46-,51-49-,54-52-,57-55-. The van der Waals surface area contributed by atoms with Crippen molar-refractivity contribution < 1.29 is 24.2 Å². The van der Waals surface area contributed by atoms with Gasteiger partial charge in [-0.1, -0.05) is 361 Å². The van der Waals surface area contributed by atoms with Gasteiger partial charge in [-0.3, -0.25) is 9.59 Å². The van der Waals surface area contributed by atoms with Crippen molar-refractivity contribution in [2.75, 3.05) is 13.2 Å². The number of unbranched alkanes of at least 4 members (excludes halogenated alkanes) is 24. The largest absolute Gasteiger partial charge is 0.462 e. The highest BCUT2D eigenvalue weighted by molar-refractivity contribution is 5.70. The van der Waals surface area contributed by atoms with E-state index in [1.807, 2.05) is 0 Å². The quantitative estimate of drug-likeness (QED) is 0.0373. The molecule has 0 radical (unpaired) electrons. The molecular weight excluding hydrogens is 1150 g/mol. The summed E-state index contributed by atoms with van der Waals surface area (Å²) in [6, 6.07) is 0. The van der Waals surface area contributed by atoms with Crippen molar-refractivity contribution >= 4 is 11.9 Å². The van der Waals surface area contributed by atoms with Crippen LogP contribution in [0.5, 0.6) is 0 Å². The van der Waals surface area contributed by atoms with Crippen molar-refractivity contribution in [1.29, 1.82) is 0 Å². The van der Waals surface area contributed by atoms with Crippen molar-refractivity contribution in [2.24, 2.45) is 0 Å². The van der Waals surface area contributed by atoms with Crippen molar-refractivity contribution in [3.8, 4) is 0 Å². The minimum atomic E-state index is -0.790. The molecule has 0 heterocycles. The smallest absolute Gasteiger partial charge is 0.306 e. The minimum Gasteiger partial charge on any atom is -0.462 e. The van der Waals surface area contributed by atoms with Crippen LogP contribution < -0.4 is 0 Å². The van der Waals surface area contributed by atoms with Crippen molar-refractivity contribution in [2.45, 2.75) is 315 Å². The Labute approximate surface area is 580 Å². The zero-order valence-corrected chi connectivity index (χ0v) is 60.4. The fourth-order valence-corrected chi connectivity index (χ4v) is 10.1. The lowest BCUT2D eigenvalue weighted by Crippen LogP contribution is -2.28. The molecule has 1 N–H and O–H groups in total. The maximum atomic E-state index is 12.4. The van der Waals surface area contributed by atoms with Crippen molar-refractivity contribution in [1.82, 2.24) is 0 Å². The third-order valence-electron chi connectivity index (χ3n) is 15.8. The number of hydrogen-bond donors (Lipinski definition) is 1. The summed E-state index contributed by atoms with van der Waals surface area (Å²) in [5.74, 6) is -0.601. The summed E-state index contributed by atoms with van der Waals surface area (Å²) >= 11 is 0. The van der Waals surface area contributed by atoms with Crippen LogP contribution in [0.25, 0.3) is 0 Å². The van der Waals surface area contributed by atoms with E-state index < -0.39 is 6.10 Å². The Kier molecular flexibility index (Phi) is 76.4. The molecule has 5 nitrogen and oxygen atoms in total. The van der Waals surface area contributed by atoms with Gasteiger partial charge >= 0.3 is 11.9 Å². The van der Waals surface area contributed by atoms with E-state index in [1.165, 1.54) is 128 Å². The second-order valence-electron chi connectivity index (χ2n) is 24.6. The molecule has 0 aliphatic carbocycles. The second kappa shape index (κ2) is 81.5. The summed E-state index contributed by atoms with van der Waals surface area (Å²) in [6.07, 6.45) is 131. The van der Waals surface area contributed by atoms with Crippen LogP contribution in [-0.4, -0.2) is 36.4 Å². The fourth-order valence-electron chi connectivity index (χ4n) is 10.1. The average Bonchev–Trinajstić information content (AvgIpc) is 3.77. The molecule has 1 unspecified atom stereocenters. The number of aliphatic hydroxyl groups excluding tert-OH is 1. The van der Waals surface area contributed by atoms with Gasteiger partial charge in [-0.15, -0.1) is 0 Å². The van der Waals surface area contributed by atoms with Crippen molar-refractivity contribution in [3.05, 3.63) is 219 Å². The fraction of sp³-hybridized carbons (Fsp3) is 0.573. The summed E-state index contributed by atoms with van der Waals surface area (Å²) in [5, 5.41) is 9.73. The van der Waals surface area contributed by atoms with Gasteiger partial charge in [0.05, 0.1) is 6.61 Å². The Morgan fingerprint density at radius 2 is 0.426 bits per heavy atom. The number of esters is 2. The molecule has 0 amide bonds. The van der Waals surface area contributed by atoms with Gasteiger partial charge in [0, 0.05) is 12.8 Å². The molecule has 0 saturated heterocycles. The predicted molar refractivity (Wildman–Crippen MR) is 416 cm³/mol. The summed E-state index contributed by atoms with van der Waals surface area (Å²) in [4.78, 5) is 24.7. The van der Waals surface area contributed by atoms with E-state index in [-0.39, 0.29) is 25.2 Å². The molecule has 526 valence electrons. The van der Waals surface area contributed by atoms with Gasteiger partial charge in [0.1, 0.15) is 6.61 Å². The number of carbonyl (C=O) groups is 2. The van der Waals surface area contributed by atoms with Crippen LogP contribution in [0.2, 0.25) is 0 Å². The van der Waals surface area contributed by atoms with E-state index in [1.54, 1.807) is 0 Å². The Morgan fingerprint density at radius 1 is 0.245 bits per heavy atom. The Hall–Kier alpha value is -5.78. The Bertz CT molecular complexity index is 2200. The van der Waals surface area contributed by atoms with Crippen LogP contribution in [0.4, 0.5) is 0 Å². The highest BCUT2D eigenvalue weighted by Gasteiger charge is 2.16. The van der Waals surface area contributed by atoms with Gasteiger partial charge in [-0.25, -0.2) is 0 Å². The predicted octanol–water partition coefficient (Wildman–Crippen LogP) is 27.4. The summed E-state index contributed by atoms with van der Waals surface area (Å²) in [7, 11) is 0. The lowest BCUT2D eigenvalue weighted by Gasteiger charge is -2.15. The van der Waals surface area contributed by atoms with E-state index in [9.17, 15) is 14.7 Å². The van der Waals surface area contributed by atoms with Gasteiger partial charge in [-0.05, 0) is 154 Å². The maximum absolute atomic E-state index is 12.4. The van der Waals surface area contributed by atoms with Crippen LogP contribution in [0, 0.1) is 0 Å². The number of aliphatic hydroxyl groups is 1. The van der Waals surface area contributed by atoms with Crippen molar-refractivity contribution in [3.63, 3.8) is 0 Å². The zero-order chi connectivity index (χ0) is 67.5. The van der Waals surface area contributed by atoms with E-state index in [0.717, 1.165) is 154 Å². The number of ether oxygens (including phenoxy) is 2. The molecule has 5 heteroatoms. The molecular formula is C89H140O5. The lowest BCUT2D eigenvalue weighted by molar-refractivity contribution is -0.161. The molecule has 0 bridgehead atoms. The summed E-state index contributed by atoms with van der Waals surface area (Å²) < 4.78 is 10.8. The first kappa shape index (κ1) is 88.2. The molecule has 0 saturated carbocycles. The molecule has 0 aromatic rings. The third kappa shape index (κ3) is 78.7. The van der Waals surface area contributed by atoms with Gasteiger partial charge in [-0.2, -0.15) is 0 Å². The topological polar surface area (TPSA) is 72.8 Å². The number of carbonyl (C=O) groups excluding carboxylic acids is 2. The van der Waals surface area contributed by atoms with Crippen LogP contribution in [0.3, 0.4) is 0 Å². The van der Waals surface area contributed by atoms with Crippen LogP contribution in [0.15, 0.2) is 219 Å². The Morgan fingerprint density at radius 3 is 0.638 bits per heavy atom. The average molecular weight is 1290 g/mol. The van der Waals surface area contributed by atoms with Gasteiger partial charge in [0.25, 0.3) is 0 Å². The summed E-state index contributed by atoms with van der Waals surface area (Å²) in [5.41, 5.74) is 0. The first-order valence-electron chi connectivity index (χ1n) is 38.3. The van der Waals surface area contributed by atoms with Gasteiger partial charge in [0.15, 0.2) is 6.10 Å².